The van der Waals surface area contributed by atoms with Crippen molar-refractivity contribution >= 4 is 28.3 Å². The van der Waals surface area contributed by atoms with Gasteiger partial charge in [0.2, 0.25) is 0 Å². The Hall–Kier alpha value is -1.30. The molecule has 1 aliphatic rings. The minimum atomic E-state index is -0.122. The number of carbonyl (C=O) groups excluding carboxylic acids is 1. The van der Waals surface area contributed by atoms with Crippen LogP contribution in [0.15, 0.2) is 0 Å². The maximum atomic E-state index is 11.7. The quantitative estimate of drug-likeness (QED) is 0.687. The molecule has 0 bridgehead atoms. The van der Waals surface area contributed by atoms with Gasteiger partial charge in [-0.25, -0.2) is 0 Å². The van der Waals surface area contributed by atoms with Crippen LogP contribution in [0.25, 0.3) is 0 Å². The highest BCUT2D eigenvalue weighted by Gasteiger charge is 2.27. The van der Waals surface area contributed by atoms with Crippen molar-refractivity contribution < 1.29 is 4.79 Å². The number of hydrogen-bond acceptors (Lipinski definition) is 5. The molecule has 0 atom stereocenters. The number of nitrogens with zero attached hydrogens (tertiary/aromatic N) is 1. The summed E-state index contributed by atoms with van der Waals surface area (Å²) in [5.74, 6) is 0.181. The molecule has 1 aromatic rings. The number of nitrogen functional groups attached to an aromatic ring is 1. The first kappa shape index (κ1) is 9.26. The van der Waals surface area contributed by atoms with Crippen LogP contribution < -0.4 is 16.4 Å². The first-order valence-electron chi connectivity index (χ1n) is 4.46. The van der Waals surface area contributed by atoms with Gasteiger partial charge in [-0.05, 0) is 24.4 Å². The van der Waals surface area contributed by atoms with Crippen molar-refractivity contribution in [2.24, 2.45) is 0 Å². The lowest BCUT2D eigenvalue weighted by molar-refractivity contribution is 0.0953. The summed E-state index contributed by atoms with van der Waals surface area (Å²) in [7, 11) is 1.75. The second kappa shape index (κ2) is 3.45. The number of aromatic nitrogens is 1. The third-order valence-corrected chi connectivity index (χ3v) is 2.96. The van der Waals surface area contributed by atoms with Crippen LogP contribution in [0.4, 0.5) is 10.8 Å². The van der Waals surface area contributed by atoms with Crippen LogP contribution in [0, 0.1) is 0 Å². The van der Waals surface area contributed by atoms with Gasteiger partial charge >= 0.3 is 0 Å². The highest BCUT2D eigenvalue weighted by molar-refractivity contribution is 7.11. The molecular formula is C8H12N4OS. The lowest BCUT2D eigenvalue weighted by Gasteiger charge is -2.03. The fourth-order valence-electron chi connectivity index (χ4n) is 1.18. The lowest BCUT2D eigenvalue weighted by atomic mass is 10.3. The Kier molecular flexibility index (Phi) is 2.28. The van der Waals surface area contributed by atoms with Crippen LogP contribution in [0.5, 0.6) is 0 Å². The number of nitrogens with two attached hydrogens (primary N) is 1. The molecule has 1 aromatic heterocycles. The van der Waals surface area contributed by atoms with E-state index >= 15 is 0 Å². The number of rotatable bonds is 3. The molecular weight excluding hydrogens is 200 g/mol. The third kappa shape index (κ3) is 1.65. The number of hydrogen-bond donors (Lipinski definition) is 3. The van der Waals surface area contributed by atoms with E-state index < -0.39 is 0 Å². The van der Waals surface area contributed by atoms with Gasteiger partial charge in [0.1, 0.15) is 10.6 Å². The maximum absolute atomic E-state index is 11.7. The van der Waals surface area contributed by atoms with Gasteiger partial charge in [0.05, 0.1) is 0 Å². The first-order chi connectivity index (χ1) is 6.72. The van der Waals surface area contributed by atoms with Gasteiger partial charge in [-0.15, -0.1) is 0 Å². The highest BCUT2D eigenvalue weighted by Crippen LogP contribution is 2.27. The second-order valence-corrected chi connectivity index (χ2v) is 4.04. The molecule has 1 fully saturated rings. The Bertz CT molecular complexity index is 358. The molecule has 1 aliphatic carbocycles. The SMILES string of the molecule is CNc1snc(N)c1C(=O)NC1CC1. The fraction of sp³-hybridized carbons (Fsp3) is 0.500. The summed E-state index contributed by atoms with van der Waals surface area (Å²) < 4.78 is 3.93. The van der Waals surface area contributed by atoms with Crippen LogP contribution in [-0.2, 0) is 0 Å². The minimum Gasteiger partial charge on any atom is -0.382 e. The summed E-state index contributed by atoms with van der Waals surface area (Å²) in [5, 5.41) is 6.51. The van der Waals surface area contributed by atoms with Gasteiger partial charge in [0.15, 0.2) is 5.82 Å². The summed E-state index contributed by atoms with van der Waals surface area (Å²) in [6, 6.07) is 0.339. The zero-order valence-electron chi connectivity index (χ0n) is 7.83. The van der Waals surface area contributed by atoms with Gasteiger partial charge in [0, 0.05) is 13.1 Å². The van der Waals surface area contributed by atoms with Crippen molar-refractivity contribution in [3.63, 3.8) is 0 Å². The van der Waals surface area contributed by atoms with E-state index in [1.807, 2.05) is 0 Å². The van der Waals surface area contributed by atoms with E-state index in [9.17, 15) is 4.79 Å². The van der Waals surface area contributed by atoms with Crippen molar-refractivity contribution in [3.8, 4) is 0 Å². The monoisotopic (exact) mass is 212 g/mol. The molecule has 5 nitrogen and oxygen atoms in total. The number of amides is 1. The van der Waals surface area contributed by atoms with Gasteiger partial charge in [-0.1, -0.05) is 0 Å². The van der Waals surface area contributed by atoms with E-state index in [1.54, 1.807) is 7.05 Å². The van der Waals surface area contributed by atoms with Crippen molar-refractivity contribution in [1.29, 1.82) is 0 Å². The highest BCUT2D eigenvalue weighted by atomic mass is 32.1. The van der Waals surface area contributed by atoms with E-state index in [0.717, 1.165) is 17.8 Å². The molecule has 0 saturated heterocycles. The van der Waals surface area contributed by atoms with Crippen LogP contribution in [0.1, 0.15) is 23.2 Å². The zero-order valence-corrected chi connectivity index (χ0v) is 8.65. The lowest BCUT2D eigenvalue weighted by Crippen LogP contribution is -2.26. The Labute approximate surface area is 85.9 Å². The average Bonchev–Trinajstić information content (AvgIpc) is 2.87. The molecule has 2 rings (SSSR count). The van der Waals surface area contributed by atoms with Gasteiger partial charge in [-0.2, -0.15) is 4.37 Å². The standard InChI is InChI=1S/C8H12N4OS/c1-10-8-5(6(9)12-14-8)7(13)11-4-2-3-4/h4,10H,2-3H2,1H3,(H2,9,12)(H,11,13). The van der Waals surface area contributed by atoms with Crippen LogP contribution in [0.2, 0.25) is 0 Å². The van der Waals surface area contributed by atoms with Gasteiger partial charge < -0.3 is 16.4 Å². The largest absolute Gasteiger partial charge is 0.382 e. The normalized spacial score (nSPS) is 15.2. The summed E-state index contributed by atoms with van der Waals surface area (Å²) in [4.78, 5) is 11.7. The summed E-state index contributed by atoms with van der Waals surface area (Å²) in [6.07, 6.45) is 2.14. The number of anilines is 2. The summed E-state index contributed by atoms with van der Waals surface area (Å²) in [5.41, 5.74) is 6.09. The Morgan fingerprint density at radius 2 is 2.36 bits per heavy atom. The maximum Gasteiger partial charge on any atom is 0.258 e. The second-order valence-electron chi connectivity index (χ2n) is 3.27. The molecule has 0 unspecified atom stereocenters. The smallest absolute Gasteiger partial charge is 0.258 e. The van der Waals surface area contributed by atoms with E-state index in [1.165, 1.54) is 11.5 Å². The fourth-order valence-corrected chi connectivity index (χ4v) is 1.84. The molecule has 1 amide bonds. The summed E-state index contributed by atoms with van der Waals surface area (Å²) >= 11 is 1.21. The molecule has 76 valence electrons. The molecule has 0 spiro atoms. The molecule has 0 aromatic carbocycles. The van der Waals surface area contributed by atoms with E-state index in [4.69, 9.17) is 5.73 Å². The van der Waals surface area contributed by atoms with Crippen LogP contribution in [-0.4, -0.2) is 23.4 Å². The Balaban J connectivity index is 2.19. The predicted molar refractivity (Wildman–Crippen MR) is 56.6 cm³/mol. The van der Waals surface area contributed by atoms with Crippen molar-refractivity contribution in [2.75, 3.05) is 18.1 Å². The minimum absolute atomic E-state index is 0.122. The molecule has 1 heterocycles. The van der Waals surface area contributed by atoms with E-state index in [2.05, 4.69) is 15.0 Å². The molecule has 4 N–H and O–H groups in total. The summed E-state index contributed by atoms with van der Waals surface area (Å²) in [6.45, 7) is 0. The van der Waals surface area contributed by atoms with E-state index in [-0.39, 0.29) is 5.91 Å². The Morgan fingerprint density at radius 1 is 1.64 bits per heavy atom. The van der Waals surface area contributed by atoms with E-state index in [0.29, 0.717) is 17.4 Å². The molecule has 6 heteroatoms. The van der Waals surface area contributed by atoms with Crippen molar-refractivity contribution in [3.05, 3.63) is 5.56 Å². The number of carbonyl (C=O) groups is 1. The van der Waals surface area contributed by atoms with Crippen molar-refractivity contribution in [2.45, 2.75) is 18.9 Å². The average molecular weight is 212 g/mol. The van der Waals surface area contributed by atoms with Crippen LogP contribution in [0.3, 0.4) is 0 Å². The molecule has 1 saturated carbocycles. The molecule has 0 aliphatic heterocycles. The van der Waals surface area contributed by atoms with Gasteiger partial charge in [0.25, 0.3) is 5.91 Å². The topological polar surface area (TPSA) is 80.0 Å². The zero-order chi connectivity index (χ0) is 10.1. The molecule has 14 heavy (non-hydrogen) atoms. The predicted octanol–water partition coefficient (Wildman–Crippen LogP) is 0.659. The van der Waals surface area contributed by atoms with Crippen LogP contribution >= 0.6 is 11.5 Å². The first-order valence-corrected chi connectivity index (χ1v) is 5.23. The molecule has 0 radical (unpaired) electrons. The van der Waals surface area contributed by atoms with Crippen molar-refractivity contribution in [1.82, 2.24) is 9.69 Å². The van der Waals surface area contributed by atoms with Gasteiger partial charge in [-0.3, -0.25) is 4.79 Å². The third-order valence-electron chi connectivity index (χ3n) is 2.09. The number of nitrogens with one attached hydrogen (secondary N) is 2. The Morgan fingerprint density at radius 3 is 2.93 bits per heavy atom.